The van der Waals surface area contributed by atoms with Gasteiger partial charge in [-0.2, -0.15) is 0 Å². The monoisotopic (exact) mass is 356 g/mol. The summed E-state index contributed by atoms with van der Waals surface area (Å²) in [6.45, 7) is 4.19. The summed E-state index contributed by atoms with van der Waals surface area (Å²) in [7, 11) is 1.71. The first-order valence-corrected chi connectivity index (χ1v) is 9.23. The van der Waals surface area contributed by atoms with Crippen LogP contribution >= 0.6 is 0 Å². The first-order chi connectivity index (χ1) is 13.0. The molecule has 0 saturated heterocycles. The maximum atomic E-state index is 13.6. The lowest BCUT2D eigenvalue weighted by Crippen LogP contribution is -2.59. The van der Waals surface area contributed by atoms with E-state index in [1.54, 1.807) is 11.9 Å². The van der Waals surface area contributed by atoms with Gasteiger partial charge in [0.2, 0.25) is 11.4 Å². The molecular formula is C23H20N2O2. The molecule has 1 N–H and O–H groups in total. The predicted molar refractivity (Wildman–Crippen MR) is 106 cm³/mol. The molecule has 134 valence electrons. The molecule has 1 amide bonds. The Morgan fingerprint density at radius 1 is 0.926 bits per heavy atom. The Bertz CT molecular complexity index is 1140. The van der Waals surface area contributed by atoms with Crippen molar-refractivity contribution in [3.63, 3.8) is 0 Å². The van der Waals surface area contributed by atoms with Crippen LogP contribution in [0.1, 0.15) is 51.6 Å². The van der Waals surface area contributed by atoms with E-state index in [2.05, 4.69) is 19.2 Å². The number of nitrogens with one attached hydrogen (secondary N) is 1. The van der Waals surface area contributed by atoms with Crippen LogP contribution in [0.5, 0.6) is 0 Å². The van der Waals surface area contributed by atoms with Gasteiger partial charge in [0, 0.05) is 23.6 Å². The Morgan fingerprint density at radius 2 is 1.59 bits per heavy atom. The number of rotatable bonds is 1. The van der Waals surface area contributed by atoms with Crippen LogP contribution in [0.2, 0.25) is 0 Å². The van der Waals surface area contributed by atoms with E-state index in [-0.39, 0.29) is 17.6 Å². The van der Waals surface area contributed by atoms with Crippen molar-refractivity contribution in [3.8, 4) is 0 Å². The van der Waals surface area contributed by atoms with Gasteiger partial charge in [-0.25, -0.2) is 0 Å². The first-order valence-electron chi connectivity index (χ1n) is 9.23. The third-order valence-electron chi connectivity index (χ3n) is 5.93. The molecule has 0 unspecified atom stereocenters. The number of hydrogen-bond acceptors (Lipinski definition) is 3. The molecule has 0 aromatic heterocycles. The number of Topliss-reactive ketones (excluding diaryl/α,β-unsaturated/α-hetero) is 1. The van der Waals surface area contributed by atoms with Crippen molar-refractivity contribution in [3.05, 3.63) is 76.9 Å². The molecule has 4 heteroatoms. The number of anilines is 1. The van der Waals surface area contributed by atoms with Crippen LogP contribution in [0.3, 0.4) is 0 Å². The van der Waals surface area contributed by atoms with Gasteiger partial charge in [-0.1, -0.05) is 62.4 Å². The highest BCUT2D eigenvalue weighted by Gasteiger charge is 2.55. The molecule has 3 aromatic rings. The van der Waals surface area contributed by atoms with Gasteiger partial charge in [-0.05, 0) is 22.9 Å². The molecule has 2 aliphatic rings. The fourth-order valence-electron chi connectivity index (χ4n) is 4.57. The van der Waals surface area contributed by atoms with Crippen LogP contribution in [0.4, 0.5) is 5.69 Å². The summed E-state index contributed by atoms with van der Waals surface area (Å²) in [5, 5.41) is 5.46. The van der Waals surface area contributed by atoms with Crippen molar-refractivity contribution in [2.24, 2.45) is 0 Å². The topological polar surface area (TPSA) is 49.4 Å². The number of nitrogens with zero attached hydrogens (tertiary/aromatic N) is 1. The molecule has 0 fully saturated rings. The van der Waals surface area contributed by atoms with Crippen LogP contribution < -0.4 is 5.32 Å². The average Bonchev–Trinajstić information content (AvgIpc) is 2.91. The Hall–Kier alpha value is -3.14. The average molecular weight is 356 g/mol. The largest absolute Gasteiger partial charge is 0.351 e. The molecule has 0 saturated carbocycles. The van der Waals surface area contributed by atoms with Gasteiger partial charge in [-0.3, -0.25) is 9.59 Å². The van der Waals surface area contributed by atoms with E-state index in [0.29, 0.717) is 11.1 Å². The highest BCUT2D eigenvalue weighted by Crippen LogP contribution is 2.48. The lowest BCUT2D eigenvalue weighted by atomic mass is 9.89. The van der Waals surface area contributed by atoms with Crippen LogP contribution in [0.25, 0.3) is 10.8 Å². The summed E-state index contributed by atoms with van der Waals surface area (Å²) in [4.78, 5) is 28.5. The van der Waals surface area contributed by atoms with Crippen molar-refractivity contribution in [2.45, 2.75) is 25.4 Å². The molecule has 0 bridgehead atoms. The second kappa shape index (κ2) is 5.19. The van der Waals surface area contributed by atoms with E-state index in [4.69, 9.17) is 0 Å². The number of hydrogen-bond donors (Lipinski definition) is 1. The van der Waals surface area contributed by atoms with Crippen molar-refractivity contribution >= 4 is 28.2 Å². The highest BCUT2D eigenvalue weighted by molar-refractivity contribution is 6.23. The third kappa shape index (κ3) is 1.82. The van der Waals surface area contributed by atoms with E-state index in [1.807, 2.05) is 54.6 Å². The van der Waals surface area contributed by atoms with Gasteiger partial charge < -0.3 is 10.2 Å². The number of carbonyl (C=O) groups is 2. The van der Waals surface area contributed by atoms with Gasteiger partial charge >= 0.3 is 0 Å². The number of fused-ring (bicyclic) bond motifs is 2. The maximum absolute atomic E-state index is 13.6. The number of para-hydroxylation sites is 1. The zero-order chi connectivity index (χ0) is 18.9. The summed E-state index contributed by atoms with van der Waals surface area (Å²) in [5.41, 5.74) is 2.75. The van der Waals surface area contributed by atoms with Crippen LogP contribution in [0, 0.1) is 0 Å². The standard InChI is InChI=1S/C23H20N2O2/c1-13(2)15-9-6-11-17-20(15)24-23(25(3)22(17)27)18-12-5-8-14-7-4-10-16(19(14)18)21(23)26/h4-13,24H,1-3H3/t23-/m1/s1. The first kappa shape index (κ1) is 16.1. The number of ketones is 1. The number of amides is 1. The minimum atomic E-state index is -1.20. The van der Waals surface area contributed by atoms with Crippen molar-refractivity contribution in [2.75, 3.05) is 12.4 Å². The Labute approximate surface area is 157 Å². The molecule has 27 heavy (non-hydrogen) atoms. The fraction of sp³-hybridized carbons (Fsp3) is 0.217. The van der Waals surface area contributed by atoms with Crippen LogP contribution in [-0.4, -0.2) is 23.6 Å². The second-order valence-corrected chi connectivity index (χ2v) is 7.66. The van der Waals surface area contributed by atoms with Crippen molar-refractivity contribution < 1.29 is 9.59 Å². The zero-order valence-electron chi connectivity index (χ0n) is 15.5. The lowest BCUT2D eigenvalue weighted by molar-refractivity contribution is 0.0513. The molecule has 1 spiro atoms. The molecule has 3 aromatic carbocycles. The van der Waals surface area contributed by atoms with E-state index in [9.17, 15) is 9.59 Å². The molecule has 1 aliphatic carbocycles. The third-order valence-corrected chi connectivity index (χ3v) is 5.93. The highest BCUT2D eigenvalue weighted by atomic mass is 16.2. The number of likely N-dealkylation sites (N-methyl/N-ethyl adjacent to an activating group) is 1. The normalized spacial score (nSPS) is 20.5. The van der Waals surface area contributed by atoms with Gasteiger partial charge in [0.15, 0.2) is 0 Å². The van der Waals surface area contributed by atoms with E-state index >= 15 is 0 Å². The predicted octanol–water partition coefficient (Wildman–Crippen LogP) is 4.51. The van der Waals surface area contributed by atoms with Crippen LogP contribution in [-0.2, 0) is 5.66 Å². The van der Waals surface area contributed by atoms with Crippen LogP contribution in [0.15, 0.2) is 54.6 Å². The fourth-order valence-corrected chi connectivity index (χ4v) is 4.57. The molecular weight excluding hydrogens is 336 g/mol. The molecule has 1 heterocycles. The smallest absolute Gasteiger partial charge is 0.258 e. The molecule has 0 radical (unpaired) electrons. The Balaban J connectivity index is 1.84. The molecule has 1 aliphatic heterocycles. The molecule has 1 atom stereocenters. The SMILES string of the molecule is CC(C)c1cccc2c1N[C@@]1(C(=O)c3cccc4cccc1c34)N(C)C2=O. The Kier molecular flexibility index (Phi) is 3.09. The summed E-state index contributed by atoms with van der Waals surface area (Å²) in [6, 6.07) is 17.4. The van der Waals surface area contributed by atoms with Crippen molar-refractivity contribution in [1.29, 1.82) is 0 Å². The maximum Gasteiger partial charge on any atom is 0.258 e. The lowest BCUT2D eigenvalue weighted by Gasteiger charge is -2.44. The molecule has 4 nitrogen and oxygen atoms in total. The van der Waals surface area contributed by atoms with E-state index in [0.717, 1.165) is 27.6 Å². The minimum Gasteiger partial charge on any atom is -0.351 e. The summed E-state index contributed by atoms with van der Waals surface area (Å²) >= 11 is 0. The quantitative estimate of drug-likeness (QED) is 0.698. The van der Waals surface area contributed by atoms with E-state index < -0.39 is 5.66 Å². The Morgan fingerprint density at radius 3 is 2.33 bits per heavy atom. The second-order valence-electron chi connectivity index (χ2n) is 7.66. The van der Waals surface area contributed by atoms with E-state index in [1.165, 1.54) is 0 Å². The van der Waals surface area contributed by atoms with Gasteiger partial charge in [-0.15, -0.1) is 0 Å². The summed E-state index contributed by atoms with van der Waals surface area (Å²) < 4.78 is 0. The van der Waals surface area contributed by atoms with Crippen molar-refractivity contribution in [1.82, 2.24) is 4.90 Å². The van der Waals surface area contributed by atoms with Gasteiger partial charge in [0.25, 0.3) is 5.91 Å². The summed E-state index contributed by atoms with van der Waals surface area (Å²) in [5.74, 6) is 0.0224. The van der Waals surface area contributed by atoms with Gasteiger partial charge in [0.1, 0.15) is 0 Å². The summed E-state index contributed by atoms with van der Waals surface area (Å²) in [6.07, 6.45) is 0. The molecule has 5 rings (SSSR count). The van der Waals surface area contributed by atoms with Gasteiger partial charge in [0.05, 0.1) is 11.3 Å². The number of benzene rings is 3. The minimum absolute atomic E-state index is 0.0747. The number of carbonyl (C=O) groups excluding carboxylic acids is 2. The zero-order valence-corrected chi connectivity index (χ0v) is 15.5.